The fraction of sp³-hybridized carbons (Fsp3) is 0.400. The Hall–Kier alpha value is -2.01. The molecule has 1 aromatic heterocycles. The van der Waals surface area contributed by atoms with Crippen LogP contribution >= 0.6 is 0 Å². The third kappa shape index (κ3) is 3.11. The van der Waals surface area contributed by atoms with E-state index in [-0.39, 0.29) is 0 Å². The van der Waals surface area contributed by atoms with Gasteiger partial charge < -0.3 is 19.3 Å². The van der Waals surface area contributed by atoms with Gasteiger partial charge in [0.25, 0.3) is 0 Å². The molecule has 20 heavy (non-hydrogen) atoms. The minimum atomic E-state index is 0.685. The van der Waals surface area contributed by atoms with Gasteiger partial charge in [-0.2, -0.15) is 0 Å². The lowest BCUT2D eigenvalue weighted by atomic mass is 10.1. The molecule has 0 amide bonds. The zero-order chi connectivity index (χ0) is 14.5. The summed E-state index contributed by atoms with van der Waals surface area (Å²) in [5.74, 6) is 2.52. The third-order valence-corrected chi connectivity index (χ3v) is 3.29. The van der Waals surface area contributed by atoms with Crippen molar-refractivity contribution < 1.29 is 14.0 Å². The van der Waals surface area contributed by atoms with E-state index in [1.54, 1.807) is 14.2 Å². The number of aromatic nitrogens is 1. The highest BCUT2D eigenvalue weighted by atomic mass is 16.5. The molecule has 1 N–H and O–H groups in total. The predicted molar refractivity (Wildman–Crippen MR) is 76.1 cm³/mol. The molecular formula is C15H20N2O3. The molecule has 0 unspecified atom stereocenters. The summed E-state index contributed by atoms with van der Waals surface area (Å²) in [5, 5.41) is 7.32. The molecule has 0 aliphatic rings. The van der Waals surface area contributed by atoms with E-state index in [1.165, 1.54) is 0 Å². The van der Waals surface area contributed by atoms with Gasteiger partial charge in [-0.1, -0.05) is 5.16 Å². The second-order valence-corrected chi connectivity index (χ2v) is 4.58. The number of aryl methyl sites for hydroxylation is 2. The van der Waals surface area contributed by atoms with E-state index in [1.807, 2.05) is 32.0 Å². The molecule has 0 aliphatic heterocycles. The molecule has 5 heteroatoms. The first-order chi connectivity index (χ1) is 9.65. The maximum absolute atomic E-state index is 5.35. The highest BCUT2D eigenvalue weighted by Crippen LogP contribution is 2.24. The lowest BCUT2D eigenvalue weighted by Crippen LogP contribution is -2.14. The van der Waals surface area contributed by atoms with E-state index in [0.717, 1.165) is 34.1 Å². The van der Waals surface area contributed by atoms with Gasteiger partial charge in [0.2, 0.25) is 0 Å². The molecule has 0 spiro atoms. The quantitative estimate of drug-likeness (QED) is 0.879. The van der Waals surface area contributed by atoms with E-state index < -0.39 is 0 Å². The highest BCUT2D eigenvalue weighted by Gasteiger charge is 2.09. The Kier molecular flexibility index (Phi) is 4.63. The van der Waals surface area contributed by atoms with Gasteiger partial charge in [-0.25, -0.2) is 0 Å². The Labute approximate surface area is 118 Å². The van der Waals surface area contributed by atoms with Crippen LogP contribution in [0.4, 0.5) is 0 Å². The fourth-order valence-corrected chi connectivity index (χ4v) is 2.10. The second-order valence-electron chi connectivity index (χ2n) is 4.58. The van der Waals surface area contributed by atoms with Crippen molar-refractivity contribution in [3.05, 3.63) is 40.8 Å². The summed E-state index contributed by atoms with van der Waals surface area (Å²) in [4.78, 5) is 0. The summed E-state index contributed by atoms with van der Waals surface area (Å²) in [5.41, 5.74) is 3.08. The first-order valence-corrected chi connectivity index (χ1v) is 6.49. The van der Waals surface area contributed by atoms with Gasteiger partial charge in [0.15, 0.2) is 0 Å². The second kappa shape index (κ2) is 6.43. The van der Waals surface area contributed by atoms with Crippen LogP contribution in [-0.2, 0) is 13.1 Å². The van der Waals surface area contributed by atoms with Crippen molar-refractivity contribution in [1.82, 2.24) is 10.5 Å². The maximum Gasteiger partial charge on any atom is 0.138 e. The van der Waals surface area contributed by atoms with Gasteiger partial charge in [0.05, 0.1) is 19.9 Å². The van der Waals surface area contributed by atoms with Crippen LogP contribution in [0.1, 0.15) is 22.6 Å². The lowest BCUT2D eigenvalue weighted by Gasteiger charge is -2.11. The average molecular weight is 276 g/mol. The van der Waals surface area contributed by atoms with Crippen molar-refractivity contribution in [1.29, 1.82) is 0 Å². The highest BCUT2D eigenvalue weighted by molar-refractivity contribution is 5.40. The maximum atomic E-state index is 5.35. The summed E-state index contributed by atoms with van der Waals surface area (Å²) >= 11 is 0. The van der Waals surface area contributed by atoms with E-state index in [9.17, 15) is 0 Å². The van der Waals surface area contributed by atoms with Gasteiger partial charge in [0, 0.05) is 24.2 Å². The lowest BCUT2D eigenvalue weighted by molar-refractivity contribution is 0.391. The summed E-state index contributed by atoms with van der Waals surface area (Å²) < 4.78 is 15.7. The summed E-state index contributed by atoms with van der Waals surface area (Å²) in [6, 6.07) is 5.77. The van der Waals surface area contributed by atoms with Gasteiger partial charge in [-0.15, -0.1) is 0 Å². The molecular weight excluding hydrogens is 256 g/mol. The van der Waals surface area contributed by atoms with Crippen molar-refractivity contribution in [2.75, 3.05) is 14.2 Å². The summed E-state index contributed by atoms with van der Waals surface area (Å²) in [6.45, 7) is 5.26. The van der Waals surface area contributed by atoms with Crippen LogP contribution in [0.25, 0.3) is 0 Å². The van der Waals surface area contributed by atoms with Crippen molar-refractivity contribution in [3.63, 3.8) is 0 Å². The van der Waals surface area contributed by atoms with Crippen LogP contribution in [0.3, 0.4) is 0 Å². The molecule has 2 rings (SSSR count). The fourth-order valence-electron chi connectivity index (χ4n) is 2.10. The van der Waals surface area contributed by atoms with Gasteiger partial charge in [-0.3, -0.25) is 0 Å². The zero-order valence-corrected chi connectivity index (χ0v) is 12.3. The molecule has 0 atom stereocenters. The molecule has 1 aromatic carbocycles. The first kappa shape index (κ1) is 14.4. The van der Waals surface area contributed by atoms with Crippen molar-refractivity contribution in [2.45, 2.75) is 26.9 Å². The van der Waals surface area contributed by atoms with Gasteiger partial charge >= 0.3 is 0 Å². The summed E-state index contributed by atoms with van der Waals surface area (Å²) in [6.07, 6.45) is 0. The number of methoxy groups -OCH3 is 2. The smallest absolute Gasteiger partial charge is 0.138 e. The van der Waals surface area contributed by atoms with Crippen LogP contribution in [-0.4, -0.2) is 19.4 Å². The SMILES string of the molecule is COc1ccc(OC)c(CNCc2c(C)noc2C)c1. The molecule has 1 heterocycles. The number of nitrogens with one attached hydrogen (secondary N) is 1. The minimum absolute atomic E-state index is 0.685. The number of hydrogen-bond acceptors (Lipinski definition) is 5. The number of hydrogen-bond donors (Lipinski definition) is 1. The molecule has 2 aromatic rings. The van der Waals surface area contributed by atoms with E-state index in [0.29, 0.717) is 13.1 Å². The van der Waals surface area contributed by atoms with Gasteiger partial charge in [0.1, 0.15) is 17.3 Å². The Morgan fingerprint density at radius 3 is 2.55 bits per heavy atom. The predicted octanol–water partition coefficient (Wildman–Crippen LogP) is 2.60. The number of benzene rings is 1. The number of ether oxygens (including phenoxy) is 2. The number of nitrogens with zero attached hydrogens (tertiary/aromatic N) is 1. The zero-order valence-electron chi connectivity index (χ0n) is 12.3. The Balaban J connectivity index is 2.03. The standard InChI is InChI=1S/C15H20N2O3/c1-10-14(11(2)20-17-10)9-16-8-12-7-13(18-3)5-6-15(12)19-4/h5-7,16H,8-9H2,1-4H3. The third-order valence-electron chi connectivity index (χ3n) is 3.29. The number of rotatable bonds is 6. The minimum Gasteiger partial charge on any atom is -0.497 e. The van der Waals surface area contributed by atoms with E-state index >= 15 is 0 Å². The largest absolute Gasteiger partial charge is 0.497 e. The van der Waals surface area contributed by atoms with Crippen molar-refractivity contribution in [3.8, 4) is 11.5 Å². The van der Waals surface area contributed by atoms with Crippen LogP contribution < -0.4 is 14.8 Å². The van der Waals surface area contributed by atoms with Crippen molar-refractivity contribution >= 4 is 0 Å². The molecule has 108 valence electrons. The molecule has 0 radical (unpaired) electrons. The molecule has 0 fully saturated rings. The topological polar surface area (TPSA) is 56.5 Å². The van der Waals surface area contributed by atoms with Crippen LogP contribution in [0.2, 0.25) is 0 Å². The molecule has 0 bridgehead atoms. The Morgan fingerprint density at radius 1 is 1.15 bits per heavy atom. The van der Waals surface area contributed by atoms with Gasteiger partial charge in [-0.05, 0) is 32.0 Å². The van der Waals surface area contributed by atoms with E-state index in [2.05, 4.69) is 10.5 Å². The Morgan fingerprint density at radius 2 is 1.95 bits per heavy atom. The monoisotopic (exact) mass is 276 g/mol. The summed E-state index contributed by atoms with van der Waals surface area (Å²) in [7, 11) is 3.32. The van der Waals surface area contributed by atoms with Crippen molar-refractivity contribution in [2.24, 2.45) is 0 Å². The Bertz CT molecular complexity index is 559. The van der Waals surface area contributed by atoms with Crippen LogP contribution in [0.5, 0.6) is 11.5 Å². The van der Waals surface area contributed by atoms with E-state index in [4.69, 9.17) is 14.0 Å². The molecule has 0 aliphatic carbocycles. The first-order valence-electron chi connectivity index (χ1n) is 6.49. The molecule has 0 saturated carbocycles. The average Bonchev–Trinajstić information content (AvgIpc) is 2.78. The van der Waals surface area contributed by atoms with Crippen LogP contribution in [0, 0.1) is 13.8 Å². The van der Waals surface area contributed by atoms with Crippen LogP contribution in [0.15, 0.2) is 22.7 Å². The normalized spacial score (nSPS) is 10.6. The molecule has 5 nitrogen and oxygen atoms in total. The molecule has 0 saturated heterocycles.